The number of thiophene rings is 1. The Morgan fingerprint density at radius 1 is 1.17 bits per heavy atom. The zero-order chi connectivity index (χ0) is 16.7. The van der Waals surface area contributed by atoms with Crippen LogP contribution in [-0.2, 0) is 16.0 Å². The Kier molecular flexibility index (Phi) is 6.11. The molecule has 2 aromatic rings. The fraction of sp³-hybridized carbons (Fsp3) is 0.222. The van der Waals surface area contributed by atoms with Crippen LogP contribution in [0.25, 0.3) is 6.08 Å². The predicted molar refractivity (Wildman–Crippen MR) is 95.4 cm³/mol. The van der Waals surface area contributed by atoms with Crippen LogP contribution in [0.5, 0.6) is 0 Å². The monoisotopic (exact) mass is 328 g/mol. The van der Waals surface area contributed by atoms with E-state index in [1.165, 1.54) is 6.08 Å². The Balaban J connectivity index is 1.84. The topological polar surface area (TPSA) is 49.4 Å². The van der Waals surface area contributed by atoms with Gasteiger partial charge in [-0.1, -0.05) is 18.2 Å². The van der Waals surface area contributed by atoms with E-state index < -0.39 is 0 Å². The van der Waals surface area contributed by atoms with E-state index in [-0.39, 0.29) is 11.8 Å². The number of amides is 2. The number of hydrogen-bond acceptors (Lipinski definition) is 3. The number of carbonyl (C=O) groups is 2. The van der Waals surface area contributed by atoms with E-state index in [4.69, 9.17) is 0 Å². The molecule has 0 saturated heterocycles. The molecule has 0 atom stereocenters. The fourth-order valence-corrected chi connectivity index (χ4v) is 2.58. The SMILES string of the molecule is CN(C)C(=O)CCc1ccc(NC(=O)/C=C/c2cccs2)cc1. The highest BCUT2D eigenvalue weighted by molar-refractivity contribution is 7.10. The summed E-state index contributed by atoms with van der Waals surface area (Å²) in [5.74, 6) is -0.0463. The fourth-order valence-electron chi connectivity index (χ4n) is 1.96. The molecule has 1 N–H and O–H groups in total. The maximum absolute atomic E-state index is 11.8. The molecule has 0 bridgehead atoms. The second kappa shape index (κ2) is 8.29. The molecule has 0 fully saturated rings. The van der Waals surface area contributed by atoms with Crippen molar-refractivity contribution in [1.29, 1.82) is 0 Å². The van der Waals surface area contributed by atoms with Crippen molar-refractivity contribution < 1.29 is 9.59 Å². The van der Waals surface area contributed by atoms with E-state index in [0.717, 1.165) is 16.1 Å². The highest BCUT2D eigenvalue weighted by Gasteiger charge is 2.04. The van der Waals surface area contributed by atoms with Crippen molar-refractivity contribution >= 4 is 34.9 Å². The maximum Gasteiger partial charge on any atom is 0.248 e. The second-order valence-electron chi connectivity index (χ2n) is 5.32. The highest BCUT2D eigenvalue weighted by Crippen LogP contribution is 2.13. The van der Waals surface area contributed by atoms with Gasteiger partial charge in [0.1, 0.15) is 0 Å². The van der Waals surface area contributed by atoms with Crippen molar-refractivity contribution in [2.75, 3.05) is 19.4 Å². The van der Waals surface area contributed by atoms with Crippen LogP contribution in [0, 0.1) is 0 Å². The summed E-state index contributed by atoms with van der Waals surface area (Å²) in [7, 11) is 3.51. The van der Waals surface area contributed by atoms with Crippen molar-refractivity contribution in [2.24, 2.45) is 0 Å². The van der Waals surface area contributed by atoms with Gasteiger partial charge in [0.05, 0.1) is 0 Å². The first kappa shape index (κ1) is 17.0. The van der Waals surface area contributed by atoms with Crippen LogP contribution >= 0.6 is 11.3 Å². The molecular weight excluding hydrogens is 308 g/mol. The first-order valence-corrected chi connectivity index (χ1v) is 8.24. The third-order valence-corrected chi connectivity index (χ3v) is 4.13. The minimum atomic E-state index is -0.158. The molecule has 4 nitrogen and oxygen atoms in total. The van der Waals surface area contributed by atoms with Gasteiger partial charge in [0.25, 0.3) is 0 Å². The van der Waals surface area contributed by atoms with Gasteiger partial charge in [0.15, 0.2) is 0 Å². The van der Waals surface area contributed by atoms with E-state index in [0.29, 0.717) is 12.8 Å². The van der Waals surface area contributed by atoms with Gasteiger partial charge in [-0.25, -0.2) is 0 Å². The molecule has 1 heterocycles. The van der Waals surface area contributed by atoms with Crippen molar-refractivity contribution in [1.82, 2.24) is 4.90 Å². The second-order valence-corrected chi connectivity index (χ2v) is 6.30. The Hall–Kier alpha value is -2.40. The minimum absolute atomic E-state index is 0.112. The standard InChI is InChI=1S/C18H20N2O2S/c1-20(2)18(22)12-7-14-5-8-15(9-6-14)19-17(21)11-10-16-4-3-13-23-16/h3-6,8-11,13H,7,12H2,1-2H3,(H,19,21)/b11-10+. The van der Waals surface area contributed by atoms with Crippen molar-refractivity contribution in [3.63, 3.8) is 0 Å². The van der Waals surface area contributed by atoms with Crippen LogP contribution in [0.3, 0.4) is 0 Å². The molecule has 1 aromatic carbocycles. The summed E-state index contributed by atoms with van der Waals surface area (Å²) in [6.45, 7) is 0. The number of nitrogens with one attached hydrogen (secondary N) is 1. The number of nitrogens with zero attached hydrogens (tertiary/aromatic N) is 1. The molecule has 5 heteroatoms. The Labute approximate surface area is 140 Å². The normalized spacial score (nSPS) is 10.7. The molecule has 0 aliphatic carbocycles. The third-order valence-electron chi connectivity index (χ3n) is 3.29. The van der Waals surface area contributed by atoms with Crippen LogP contribution in [0.1, 0.15) is 16.9 Å². The van der Waals surface area contributed by atoms with E-state index in [2.05, 4.69) is 5.32 Å². The van der Waals surface area contributed by atoms with Crippen LogP contribution in [0.2, 0.25) is 0 Å². The third kappa shape index (κ3) is 5.71. The number of anilines is 1. The molecule has 1 aromatic heterocycles. The molecular formula is C18H20N2O2S. The number of rotatable bonds is 6. The Morgan fingerprint density at radius 2 is 1.91 bits per heavy atom. The lowest BCUT2D eigenvalue weighted by Gasteiger charge is -2.10. The molecule has 0 aliphatic heterocycles. The number of carbonyl (C=O) groups excluding carboxylic acids is 2. The van der Waals surface area contributed by atoms with Gasteiger partial charge < -0.3 is 10.2 Å². The molecule has 0 saturated carbocycles. The summed E-state index contributed by atoms with van der Waals surface area (Å²) in [4.78, 5) is 26.0. The number of benzene rings is 1. The van der Waals surface area contributed by atoms with Crippen LogP contribution in [0.15, 0.2) is 47.9 Å². The molecule has 120 valence electrons. The van der Waals surface area contributed by atoms with E-state index in [1.807, 2.05) is 41.8 Å². The van der Waals surface area contributed by atoms with Gasteiger partial charge in [0.2, 0.25) is 11.8 Å². The summed E-state index contributed by atoms with van der Waals surface area (Å²) < 4.78 is 0. The van der Waals surface area contributed by atoms with Crippen molar-refractivity contribution in [2.45, 2.75) is 12.8 Å². The summed E-state index contributed by atoms with van der Waals surface area (Å²) >= 11 is 1.59. The lowest BCUT2D eigenvalue weighted by molar-refractivity contribution is -0.128. The van der Waals surface area contributed by atoms with E-state index >= 15 is 0 Å². The average Bonchev–Trinajstić information content (AvgIpc) is 3.05. The average molecular weight is 328 g/mol. The smallest absolute Gasteiger partial charge is 0.248 e. The Morgan fingerprint density at radius 3 is 2.52 bits per heavy atom. The number of aryl methyl sites for hydroxylation is 1. The number of hydrogen-bond donors (Lipinski definition) is 1. The molecule has 0 unspecified atom stereocenters. The van der Waals surface area contributed by atoms with Crippen LogP contribution in [0.4, 0.5) is 5.69 Å². The van der Waals surface area contributed by atoms with Crippen molar-refractivity contribution in [3.8, 4) is 0 Å². The lowest BCUT2D eigenvalue weighted by atomic mass is 10.1. The summed E-state index contributed by atoms with van der Waals surface area (Å²) in [5, 5.41) is 4.79. The van der Waals surface area contributed by atoms with Crippen LogP contribution < -0.4 is 5.32 Å². The van der Waals surface area contributed by atoms with Gasteiger partial charge in [-0.2, -0.15) is 0 Å². The van der Waals surface area contributed by atoms with E-state index in [1.54, 1.807) is 36.4 Å². The molecule has 0 radical (unpaired) electrons. The van der Waals surface area contributed by atoms with Gasteiger partial charge in [0, 0.05) is 37.2 Å². The largest absolute Gasteiger partial charge is 0.349 e. The maximum atomic E-state index is 11.8. The summed E-state index contributed by atoms with van der Waals surface area (Å²) in [5.41, 5.74) is 1.82. The lowest BCUT2D eigenvalue weighted by Crippen LogP contribution is -2.21. The van der Waals surface area contributed by atoms with Gasteiger partial charge in [-0.15, -0.1) is 11.3 Å². The van der Waals surface area contributed by atoms with Gasteiger partial charge >= 0.3 is 0 Å². The first-order chi connectivity index (χ1) is 11.0. The van der Waals surface area contributed by atoms with Gasteiger partial charge in [-0.05, 0) is 41.6 Å². The quantitative estimate of drug-likeness (QED) is 0.826. The van der Waals surface area contributed by atoms with Crippen LogP contribution in [-0.4, -0.2) is 30.8 Å². The molecule has 23 heavy (non-hydrogen) atoms. The first-order valence-electron chi connectivity index (χ1n) is 7.36. The Bertz CT molecular complexity index is 674. The summed E-state index contributed by atoms with van der Waals surface area (Å²) in [6.07, 6.45) is 4.50. The highest BCUT2D eigenvalue weighted by atomic mass is 32.1. The molecule has 2 rings (SSSR count). The molecule has 0 aliphatic rings. The molecule has 2 amide bonds. The predicted octanol–water partition coefficient (Wildman–Crippen LogP) is 3.42. The summed E-state index contributed by atoms with van der Waals surface area (Å²) in [6, 6.07) is 11.5. The minimum Gasteiger partial charge on any atom is -0.349 e. The zero-order valence-corrected chi connectivity index (χ0v) is 14.1. The van der Waals surface area contributed by atoms with E-state index in [9.17, 15) is 9.59 Å². The zero-order valence-electron chi connectivity index (χ0n) is 13.3. The molecule has 0 spiro atoms. The van der Waals surface area contributed by atoms with Gasteiger partial charge in [-0.3, -0.25) is 9.59 Å². The van der Waals surface area contributed by atoms with Crippen molar-refractivity contribution in [3.05, 3.63) is 58.3 Å².